The second-order valence-corrected chi connectivity index (χ2v) is 6.70. The minimum absolute atomic E-state index is 0.0637. The van der Waals surface area contributed by atoms with E-state index in [0.717, 1.165) is 16.9 Å². The number of amides is 3. The van der Waals surface area contributed by atoms with Crippen LogP contribution in [0.25, 0.3) is 0 Å². The molecule has 1 atom stereocenters. The molecule has 1 fully saturated rings. The van der Waals surface area contributed by atoms with Gasteiger partial charge in [-0.15, -0.1) is 0 Å². The molecule has 2 aromatic rings. The molecule has 136 valence electrons. The minimum atomic E-state index is -0.291. The van der Waals surface area contributed by atoms with Crippen molar-refractivity contribution in [3.05, 3.63) is 60.2 Å². The fourth-order valence-corrected chi connectivity index (χ4v) is 3.04. The third-order valence-corrected chi connectivity index (χ3v) is 4.39. The highest BCUT2D eigenvalue weighted by molar-refractivity contribution is 5.91. The fraction of sp³-hybridized carbons (Fsp3) is 0.300. The van der Waals surface area contributed by atoms with E-state index in [1.165, 1.54) is 0 Å². The topological polar surface area (TPSA) is 64.7 Å². The zero-order valence-corrected chi connectivity index (χ0v) is 15.1. The van der Waals surface area contributed by atoms with Crippen LogP contribution in [0.3, 0.4) is 0 Å². The van der Waals surface area contributed by atoms with Crippen LogP contribution < -0.4 is 15.5 Å². The summed E-state index contributed by atoms with van der Waals surface area (Å²) in [5, 5.41) is 5.73. The smallest absolute Gasteiger partial charge is 0.319 e. The molecule has 1 aliphatic rings. The summed E-state index contributed by atoms with van der Waals surface area (Å²) in [7, 11) is 3.90. The lowest BCUT2D eigenvalue weighted by molar-refractivity contribution is -0.128. The third-order valence-electron chi connectivity index (χ3n) is 4.39. The van der Waals surface area contributed by atoms with Gasteiger partial charge in [0.1, 0.15) is 0 Å². The van der Waals surface area contributed by atoms with Crippen molar-refractivity contribution in [3.63, 3.8) is 0 Å². The van der Waals surface area contributed by atoms with Crippen molar-refractivity contribution in [2.75, 3.05) is 30.9 Å². The van der Waals surface area contributed by atoms with Gasteiger partial charge in [0.15, 0.2) is 0 Å². The number of urea groups is 1. The molecule has 2 N–H and O–H groups in total. The van der Waals surface area contributed by atoms with E-state index >= 15 is 0 Å². The Bertz CT molecular complexity index is 776. The predicted octanol–water partition coefficient (Wildman–Crippen LogP) is 2.68. The standard InChI is InChI=1S/C20H24N4O2/c1-23(2)18-10-6-9-16(11-18)21-20(26)22-17-12-19(25)24(14-17)13-15-7-4-3-5-8-15/h3-11,17H,12-14H2,1-2H3,(H2,21,22,26). The van der Waals surface area contributed by atoms with Crippen LogP contribution in [0.4, 0.5) is 16.2 Å². The van der Waals surface area contributed by atoms with Gasteiger partial charge < -0.3 is 20.4 Å². The summed E-state index contributed by atoms with van der Waals surface area (Å²) >= 11 is 0. The largest absolute Gasteiger partial charge is 0.378 e. The molecule has 1 heterocycles. The van der Waals surface area contributed by atoms with E-state index in [1.807, 2.05) is 73.6 Å². The molecule has 0 radical (unpaired) electrons. The van der Waals surface area contributed by atoms with Crippen LogP contribution in [0.15, 0.2) is 54.6 Å². The van der Waals surface area contributed by atoms with Crippen molar-refractivity contribution >= 4 is 23.3 Å². The first-order valence-corrected chi connectivity index (χ1v) is 8.68. The number of carbonyl (C=O) groups excluding carboxylic acids is 2. The van der Waals surface area contributed by atoms with Crippen LogP contribution in [0.5, 0.6) is 0 Å². The molecule has 0 saturated carbocycles. The van der Waals surface area contributed by atoms with E-state index < -0.39 is 0 Å². The maximum atomic E-state index is 12.3. The summed E-state index contributed by atoms with van der Waals surface area (Å²) in [5.41, 5.74) is 2.82. The van der Waals surface area contributed by atoms with Gasteiger partial charge in [0.25, 0.3) is 0 Å². The number of benzene rings is 2. The average Bonchev–Trinajstić information content (AvgIpc) is 2.95. The van der Waals surface area contributed by atoms with Gasteiger partial charge in [-0.3, -0.25) is 4.79 Å². The molecule has 1 aliphatic heterocycles. The molecule has 1 unspecified atom stereocenters. The minimum Gasteiger partial charge on any atom is -0.378 e. The van der Waals surface area contributed by atoms with Gasteiger partial charge >= 0.3 is 6.03 Å². The van der Waals surface area contributed by atoms with Crippen molar-refractivity contribution < 1.29 is 9.59 Å². The molecule has 6 nitrogen and oxygen atoms in total. The van der Waals surface area contributed by atoms with Gasteiger partial charge in [0.2, 0.25) is 5.91 Å². The third kappa shape index (κ3) is 4.53. The quantitative estimate of drug-likeness (QED) is 0.870. The maximum Gasteiger partial charge on any atom is 0.319 e. The first-order valence-electron chi connectivity index (χ1n) is 8.68. The molecule has 3 amide bonds. The summed E-state index contributed by atoms with van der Waals surface area (Å²) in [4.78, 5) is 28.2. The Kier molecular flexibility index (Phi) is 5.41. The molecular formula is C20H24N4O2. The van der Waals surface area contributed by atoms with Crippen molar-refractivity contribution in [1.82, 2.24) is 10.2 Å². The number of rotatable bonds is 5. The number of anilines is 2. The van der Waals surface area contributed by atoms with Crippen LogP contribution in [0.1, 0.15) is 12.0 Å². The molecule has 0 aliphatic carbocycles. The second-order valence-electron chi connectivity index (χ2n) is 6.70. The molecular weight excluding hydrogens is 328 g/mol. The number of nitrogens with one attached hydrogen (secondary N) is 2. The maximum absolute atomic E-state index is 12.3. The van der Waals surface area contributed by atoms with Gasteiger partial charge in [-0.05, 0) is 23.8 Å². The normalized spacial score (nSPS) is 16.5. The van der Waals surface area contributed by atoms with E-state index in [2.05, 4.69) is 10.6 Å². The molecule has 6 heteroatoms. The van der Waals surface area contributed by atoms with Crippen molar-refractivity contribution in [1.29, 1.82) is 0 Å². The lowest BCUT2D eigenvalue weighted by atomic mass is 10.2. The fourth-order valence-electron chi connectivity index (χ4n) is 3.04. The van der Waals surface area contributed by atoms with Gasteiger partial charge in [0, 0.05) is 45.0 Å². The Balaban J connectivity index is 1.53. The summed E-state index contributed by atoms with van der Waals surface area (Å²) in [6.45, 7) is 1.10. The van der Waals surface area contributed by atoms with Crippen LogP contribution in [0, 0.1) is 0 Å². The highest BCUT2D eigenvalue weighted by atomic mass is 16.2. The Labute approximate surface area is 153 Å². The summed E-state index contributed by atoms with van der Waals surface area (Å²) in [6, 6.07) is 17.0. The van der Waals surface area contributed by atoms with E-state index in [4.69, 9.17) is 0 Å². The monoisotopic (exact) mass is 352 g/mol. The lowest BCUT2D eigenvalue weighted by Crippen LogP contribution is -2.39. The predicted molar refractivity (Wildman–Crippen MR) is 103 cm³/mol. The van der Waals surface area contributed by atoms with Crippen molar-refractivity contribution in [2.45, 2.75) is 19.0 Å². The zero-order valence-electron chi connectivity index (χ0n) is 15.1. The summed E-state index contributed by atoms with van der Waals surface area (Å²) in [6.07, 6.45) is 0.331. The van der Waals surface area contributed by atoms with Crippen LogP contribution in [0.2, 0.25) is 0 Å². The Morgan fingerprint density at radius 1 is 1.15 bits per heavy atom. The molecule has 3 rings (SSSR count). The Hall–Kier alpha value is -3.02. The highest BCUT2D eigenvalue weighted by Gasteiger charge is 2.30. The zero-order chi connectivity index (χ0) is 18.5. The molecule has 26 heavy (non-hydrogen) atoms. The van der Waals surface area contributed by atoms with Gasteiger partial charge in [0.05, 0.1) is 6.04 Å². The SMILES string of the molecule is CN(C)c1cccc(NC(=O)NC2CC(=O)N(Cc3ccccc3)C2)c1. The average molecular weight is 352 g/mol. The van der Waals surface area contributed by atoms with Gasteiger partial charge in [-0.2, -0.15) is 0 Å². The first kappa shape index (κ1) is 17.8. The van der Waals surface area contributed by atoms with E-state index in [9.17, 15) is 9.59 Å². The van der Waals surface area contributed by atoms with E-state index in [0.29, 0.717) is 19.5 Å². The number of nitrogens with zero attached hydrogens (tertiary/aromatic N) is 2. The number of likely N-dealkylation sites (tertiary alicyclic amines) is 1. The molecule has 0 spiro atoms. The Morgan fingerprint density at radius 2 is 1.92 bits per heavy atom. The Morgan fingerprint density at radius 3 is 2.65 bits per heavy atom. The van der Waals surface area contributed by atoms with Crippen molar-refractivity contribution in [2.24, 2.45) is 0 Å². The van der Waals surface area contributed by atoms with Crippen LogP contribution >= 0.6 is 0 Å². The number of carbonyl (C=O) groups is 2. The summed E-state index contributed by atoms with van der Waals surface area (Å²) in [5.74, 6) is 0.0637. The van der Waals surface area contributed by atoms with E-state index in [-0.39, 0.29) is 18.0 Å². The summed E-state index contributed by atoms with van der Waals surface area (Å²) < 4.78 is 0. The number of hydrogen-bond donors (Lipinski definition) is 2. The first-order chi connectivity index (χ1) is 12.5. The molecule has 0 bridgehead atoms. The molecule has 2 aromatic carbocycles. The van der Waals surface area contributed by atoms with Crippen LogP contribution in [-0.4, -0.2) is 43.5 Å². The van der Waals surface area contributed by atoms with Gasteiger partial charge in [-0.1, -0.05) is 36.4 Å². The van der Waals surface area contributed by atoms with Gasteiger partial charge in [-0.25, -0.2) is 4.79 Å². The molecule has 1 saturated heterocycles. The second kappa shape index (κ2) is 7.91. The van der Waals surface area contributed by atoms with E-state index in [1.54, 1.807) is 4.90 Å². The molecule has 0 aromatic heterocycles. The van der Waals surface area contributed by atoms with Crippen molar-refractivity contribution in [3.8, 4) is 0 Å². The van der Waals surface area contributed by atoms with Crippen LogP contribution in [-0.2, 0) is 11.3 Å². The lowest BCUT2D eigenvalue weighted by Gasteiger charge is -2.18. The highest BCUT2D eigenvalue weighted by Crippen LogP contribution is 2.18. The number of hydrogen-bond acceptors (Lipinski definition) is 3.